The molecule has 25 heavy (non-hydrogen) atoms. The Bertz CT molecular complexity index is 496. The van der Waals surface area contributed by atoms with Crippen molar-refractivity contribution in [2.75, 3.05) is 39.5 Å². The number of hydrogen-bond acceptors (Lipinski definition) is 6. The summed E-state index contributed by atoms with van der Waals surface area (Å²) in [5, 5.41) is 0. The van der Waals surface area contributed by atoms with Crippen molar-refractivity contribution in [2.24, 2.45) is 0 Å². The third-order valence-corrected chi connectivity index (χ3v) is 4.94. The van der Waals surface area contributed by atoms with Gasteiger partial charge in [-0.05, 0) is 47.6 Å². The van der Waals surface area contributed by atoms with Crippen LogP contribution in [0.1, 0.15) is 47.5 Å². The molecule has 0 bridgehead atoms. The molecule has 1 unspecified atom stereocenters. The summed E-state index contributed by atoms with van der Waals surface area (Å²) in [5.74, 6) is -0.454. The largest absolute Gasteiger partial charge is 0.444 e. The summed E-state index contributed by atoms with van der Waals surface area (Å²) in [4.78, 5) is 16.8. The molecule has 0 radical (unpaired) electrons. The molecule has 1 amide bonds. The molecule has 1 spiro atoms. The lowest BCUT2D eigenvalue weighted by molar-refractivity contribution is -0.190. The molecule has 3 aliphatic heterocycles. The first kappa shape index (κ1) is 18.9. The van der Waals surface area contributed by atoms with Crippen molar-refractivity contribution in [2.45, 2.75) is 70.6 Å². The van der Waals surface area contributed by atoms with Gasteiger partial charge in [-0.15, -0.1) is 0 Å². The predicted molar refractivity (Wildman–Crippen MR) is 92.2 cm³/mol. The molecule has 3 aliphatic rings. The third kappa shape index (κ3) is 4.27. The molecule has 0 aromatic rings. The highest BCUT2D eigenvalue weighted by Gasteiger charge is 2.48. The van der Waals surface area contributed by atoms with Crippen molar-refractivity contribution in [1.82, 2.24) is 9.80 Å². The number of nitrogens with zero attached hydrogens (tertiary/aromatic N) is 2. The Morgan fingerprint density at radius 3 is 2.52 bits per heavy atom. The van der Waals surface area contributed by atoms with E-state index in [-0.39, 0.29) is 12.1 Å². The summed E-state index contributed by atoms with van der Waals surface area (Å²) >= 11 is 0. The van der Waals surface area contributed by atoms with E-state index >= 15 is 0 Å². The lowest BCUT2D eigenvalue weighted by Gasteiger charge is -2.41. The van der Waals surface area contributed by atoms with E-state index in [0.717, 1.165) is 32.5 Å². The fourth-order valence-corrected chi connectivity index (χ4v) is 3.96. The van der Waals surface area contributed by atoms with Gasteiger partial charge in [0.1, 0.15) is 11.3 Å². The lowest BCUT2D eigenvalue weighted by Crippen LogP contribution is -2.56. The molecule has 0 saturated carbocycles. The SMILES string of the molecule is CC(C)(C)OC(=O)N1C(CN2CCCC3(C2)OCCO3)COC1(C)C. The van der Waals surface area contributed by atoms with E-state index in [4.69, 9.17) is 18.9 Å². The maximum atomic E-state index is 12.7. The van der Waals surface area contributed by atoms with Crippen LogP contribution in [0.5, 0.6) is 0 Å². The smallest absolute Gasteiger partial charge is 0.412 e. The minimum atomic E-state index is -0.666. The summed E-state index contributed by atoms with van der Waals surface area (Å²) in [7, 11) is 0. The monoisotopic (exact) mass is 356 g/mol. The zero-order chi connectivity index (χ0) is 18.3. The van der Waals surface area contributed by atoms with Gasteiger partial charge >= 0.3 is 6.09 Å². The first-order valence-electron chi connectivity index (χ1n) is 9.27. The molecule has 7 heteroatoms. The Morgan fingerprint density at radius 1 is 1.20 bits per heavy atom. The van der Waals surface area contributed by atoms with Crippen LogP contribution in [0.4, 0.5) is 4.79 Å². The molecule has 3 fully saturated rings. The van der Waals surface area contributed by atoms with E-state index in [0.29, 0.717) is 19.8 Å². The molecule has 0 aromatic heterocycles. The fraction of sp³-hybridized carbons (Fsp3) is 0.944. The first-order valence-corrected chi connectivity index (χ1v) is 9.27. The van der Waals surface area contributed by atoms with Gasteiger partial charge in [-0.3, -0.25) is 9.80 Å². The fourth-order valence-electron chi connectivity index (χ4n) is 3.96. The van der Waals surface area contributed by atoms with E-state index in [9.17, 15) is 4.79 Å². The highest BCUT2D eigenvalue weighted by molar-refractivity contribution is 5.69. The van der Waals surface area contributed by atoms with Crippen molar-refractivity contribution in [3.63, 3.8) is 0 Å². The van der Waals surface area contributed by atoms with Crippen molar-refractivity contribution in [3.05, 3.63) is 0 Å². The lowest BCUT2D eigenvalue weighted by atomic mass is 10.0. The molecule has 3 heterocycles. The van der Waals surface area contributed by atoms with Crippen LogP contribution in [0.3, 0.4) is 0 Å². The number of carbonyl (C=O) groups is 1. The third-order valence-electron chi connectivity index (χ3n) is 4.94. The van der Waals surface area contributed by atoms with Gasteiger partial charge in [0, 0.05) is 13.0 Å². The number of carbonyl (C=O) groups excluding carboxylic acids is 1. The zero-order valence-electron chi connectivity index (χ0n) is 16.2. The number of likely N-dealkylation sites (tertiary alicyclic amines) is 1. The Hall–Kier alpha value is -0.890. The summed E-state index contributed by atoms with van der Waals surface area (Å²) in [6.45, 7) is 13.8. The van der Waals surface area contributed by atoms with Crippen LogP contribution in [0, 0.1) is 0 Å². The average Bonchev–Trinajstić information content (AvgIpc) is 3.02. The van der Waals surface area contributed by atoms with Gasteiger partial charge in [-0.1, -0.05) is 0 Å². The summed E-state index contributed by atoms with van der Waals surface area (Å²) in [6.07, 6.45) is 1.65. The van der Waals surface area contributed by atoms with Crippen LogP contribution in [0.2, 0.25) is 0 Å². The van der Waals surface area contributed by atoms with Gasteiger partial charge in [0.05, 0.1) is 32.4 Å². The van der Waals surface area contributed by atoms with Gasteiger partial charge < -0.3 is 18.9 Å². The van der Waals surface area contributed by atoms with Crippen molar-refractivity contribution >= 4 is 6.09 Å². The molecular weight excluding hydrogens is 324 g/mol. The molecule has 0 aromatic carbocycles. The van der Waals surface area contributed by atoms with Crippen LogP contribution in [0.25, 0.3) is 0 Å². The van der Waals surface area contributed by atoms with Gasteiger partial charge in [0.15, 0.2) is 5.79 Å². The Balaban J connectivity index is 1.66. The minimum absolute atomic E-state index is 0.0404. The zero-order valence-corrected chi connectivity index (χ0v) is 16.2. The van der Waals surface area contributed by atoms with Gasteiger partial charge in [0.25, 0.3) is 0 Å². The van der Waals surface area contributed by atoms with Crippen molar-refractivity contribution in [1.29, 1.82) is 0 Å². The Labute approximate surface area is 150 Å². The van der Waals surface area contributed by atoms with E-state index in [2.05, 4.69) is 4.90 Å². The number of piperidine rings is 1. The number of ether oxygens (including phenoxy) is 4. The maximum Gasteiger partial charge on any atom is 0.412 e. The Kier molecular flexibility index (Phi) is 5.05. The second-order valence-corrected chi connectivity index (χ2v) is 8.71. The van der Waals surface area contributed by atoms with E-state index < -0.39 is 17.1 Å². The first-order chi connectivity index (χ1) is 11.6. The van der Waals surface area contributed by atoms with E-state index in [1.54, 1.807) is 4.90 Å². The van der Waals surface area contributed by atoms with Crippen LogP contribution in [-0.4, -0.2) is 78.5 Å². The normalized spacial score (nSPS) is 29.3. The van der Waals surface area contributed by atoms with Crippen molar-refractivity contribution < 1.29 is 23.7 Å². The molecule has 0 aliphatic carbocycles. The molecule has 1 atom stereocenters. The van der Waals surface area contributed by atoms with Crippen LogP contribution in [0.15, 0.2) is 0 Å². The maximum absolute atomic E-state index is 12.7. The van der Waals surface area contributed by atoms with E-state index in [1.165, 1.54) is 0 Å². The summed E-state index contributed by atoms with van der Waals surface area (Å²) in [6, 6.07) is -0.0404. The number of rotatable bonds is 2. The molecule has 3 rings (SSSR count). The molecule has 0 N–H and O–H groups in total. The highest BCUT2D eigenvalue weighted by atomic mass is 16.7. The topological polar surface area (TPSA) is 60.5 Å². The van der Waals surface area contributed by atoms with Crippen molar-refractivity contribution in [3.8, 4) is 0 Å². The molecule has 7 nitrogen and oxygen atoms in total. The second-order valence-electron chi connectivity index (χ2n) is 8.71. The summed E-state index contributed by atoms with van der Waals surface area (Å²) < 4.78 is 23.2. The number of amides is 1. The standard InChI is InChI=1S/C18H32N2O5/c1-16(2,3)25-15(21)20-14(12-24-17(20,4)5)11-19-8-6-7-18(13-19)22-9-10-23-18/h14H,6-13H2,1-5H3. The number of hydrogen-bond donors (Lipinski definition) is 0. The second kappa shape index (κ2) is 6.68. The quantitative estimate of drug-likeness (QED) is 0.756. The van der Waals surface area contributed by atoms with Crippen LogP contribution in [-0.2, 0) is 18.9 Å². The molecular formula is C18H32N2O5. The van der Waals surface area contributed by atoms with Crippen LogP contribution >= 0.6 is 0 Å². The van der Waals surface area contributed by atoms with E-state index in [1.807, 2.05) is 34.6 Å². The highest BCUT2D eigenvalue weighted by Crippen LogP contribution is 2.33. The van der Waals surface area contributed by atoms with Gasteiger partial charge in [-0.25, -0.2) is 4.79 Å². The van der Waals surface area contributed by atoms with Gasteiger partial charge in [0.2, 0.25) is 0 Å². The molecule has 3 saturated heterocycles. The minimum Gasteiger partial charge on any atom is -0.444 e. The van der Waals surface area contributed by atoms with Crippen LogP contribution < -0.4 is 0 Å². The average molecular weight is 356 g/mol. The Morgan fingerprint density at radius 2 is 1.88 bits per heavy atom. The summed E-state index contributed by atoms with van der Waals surface area (Å²) in [5.41, 5.74) is -1.19. The van der Waals surface area contributed by atoms with Gasteiger partial charge in [-0.2, -0.15) is 0 Å². The predicted octanol–water partition coefficient (Wildman–Crippen LogP) is 2.20. The molecule has 144 valence electrons.